The maximum absolute atomic E-state index is 11.8. The Morgan fingerprint density at radius 3 is 2.90 bits per heavy atom. The second kappa shape index (κ2) is 6.17. The molecule has 0 fully saturated rings. The van der Waals surface area contributed by atoms with Gasteiger partial charge in [0, 0.05) is 21.2 Å². The summed E-state index contributed by atoms with van der Waals surface area (Å²) in [5, 5.41) is 7.20. The second-order valence-electron chi connectivity index (χ2n) is 4.54. The van der Waals surface area contributed by atoms with Crippen LogP contribution >= 0.6 is 38.9 Å². The lowest BCUT2D eigenvalue weighted by Gasteiger charge is -1.96. The molecule has 21 heavy (non-hydrogen) atoms. The molecule has 2 N–H and O–H groups in total. The number of thiophene rings is 1. The lowest BCUT2D eigenvalue weighted by molar-refractivity contribution is 0.904. The predicted octanol–water partition coefficient (Wildman–Crippen LogP) is 4.03. The Bertz CT molecular complexity index is 823. The summed E-state index contributed by atoms with van der Waals surface area (Å²) in [7, 11) is 0. The molecular weight excluding hydrogens is 374 g/mol. The van der Waals surface area contributed by atoms with Crippen LogP contribution in [0.5, 0.6) is 0 Å². The summed E-state index contributed by atoms with van der Waals surface area (Å²) in [5.74, 6) is 0. The van der Waals surface area contributed by atoms with Gasteiger partial charge < -0.3 is 4.98 Å². The standard InChI is InChI=1S/C14H11BrClN3OS/c15-8-5-11(14(20)17-7-8)12-6-9(18-19-12)1-2-10-3-4-13(16)21-10/h3-7H,1-2H2,(H,17,20)(H,18,19). The minimum atomic E-state index is -0.152. The van der Waals surface area contributed by atoms with Crippen molar-refractivity contribution >= 4 is 38.9 Å². The summed E-state index contributed by atoms with van der Waals surface area (Å²) < 4.78 is 1.62. The fraction of sp³-hybridized carbons (Fsp3) is 0.143. The third-order valence-corrected chi connectivity index (χ3v) is 4.79. The van der Waals surface area contributed by atoms with Crippen molar-refractivity contribution in [2.24, 2.45) is 0 Å². The van der Waals surface area contributed by atoms with E-state index in [1.165, 1.54) is 4.88 Å². The van der Waals surface area contributed by atoms with Crippen molar-refractivity contribution < 1.29 is 0 Å². The van der Waals surface area contributed by atoms with Crippen LogP contribution < -0.4 is 5.56 Å². The Morgan fingerprint density at radius 2 is 2.14 bits per heavy atom. The van der Waals surface area contributed by atoms with Gasteiger partial charge in [-0.05, 0) is 53.0 Å². The zero-order chi connectivity index (χ0) is 14.8. The lowest BCUT2D eigenvalue weighted by Crippen LogP contribution is -2.07. The van der Waals surface area contributed by atoms with Gasteiger partial charge in [-0.25, -0.2) is 0 Å². The van der Waals surface area contributed by atoms with Gasteiger partial charge in [-0.1, -0.05) is 11.6 Å². The fourth-order valence-corrected chi connectivity index (χ4v) is 3.45. The summed E-state index contributed by atoms with van der Waals surface area (Å²) in [6, 6.07) is 7.61. The van der Waals surface area contributed by atoms with E-state index in [0.717, 1.165) is 27.3 Å². The molecule has 0 spiro atoms. The Balaban J connectivity index is 1.77. The fourth-order valence-electron chi connectivity index (χ4n) is 2.02. The minimum Gasteiger partial charge on any atom is -0.327 e. The molecule has 0 saturated carbocycles. The van der Waals surface area contributed by atoms with Crippen LogP contribution in [0, 0.1) is 0 Å². The molecule has 3 aromatic rings. The van der Waals surface area contributed by atoms with Gasteiger partial charge in [-0.15, -0.1) is 11.3 Å². The molecule has 0 aliphatic heterocycles. The first-order valence-electron chi connectivity index (χ1n) is 6.29. The van der Waals surface area contributed by atoms with E-state index in [9.17, 15) is 4.79 Å². The Labute approximate surface area is 138 Å². The molecule has 0 atom stereocenters. The molecule has 7 heteroatoms. The first-order chi connectivity index (χ1) is 10.1. The van der Waals surface area contributed by atoms with Gasteiger partial charge in [0.15, 0.2) is 0 Å². The monoisotopic (exact) mass is 383 g/mol. The van der Waals surface area contributed by atoms with E-state index in [-0.39, 0.29) is 5.56 Å². The molecule has 0 saturated heterocycles. The normalized spacial score (nSPS) is 11.0. The average Bonchev–Trinajstić information content (AvgIpc) is 3.08. The van der Waals surface area contributed by atoms with Crippen molar-refractivity contribution in [2.75, 3.05) is 0 Å². The highest BCUT2D eigenvalue weighted by molar-refractivity contribution is 9.10. The van der Waals surface area contributed by atoms with E-state index < -0.39 is 0 Å². The van der Waals surface area contributed by atoms with Gasteiger partial charge in [0.2, 0.25) is 0 Å². The third-order valence-electron chi connectivity index (χ3n) is 3.04. The van der Waals surface area contributed by atoms with Crippen LogP contribution in [0.3, 0.4) is 0 Å². The van der Waals surface area contributed by atoms with Gasteiger partial charge in [0.1, 0.15) is 0 Å². The Kier molecular flexibility index (Phi) is 4.28. The van der Waals surface area contributed by atoms with E-state index >= 15 is 0 Å². The number of aromatic amines is 2. The molecule has 3 aromatic heterocycles. The number of halogens is 2. The van der Waals surface area contributed by atoms with Crippen LogP contribution in [0.1, 0.15) is 10.6 Å². The molecule has 0 bridgehead atoms. The summed E-state index contributed by atoms with van der Waals surface area (Å²) in [5.41, 5.74) is 2.04. The van der Waals surface area contributed by atoms with Crippen molar-refractivity contribution in [2.45, 2.75) is 12.8 Å². The highest BCUT2D eigenvalue weighted by Gasteiger charge is 2.09. The number of nitrogens with one attached hydrogen (secondary N) is 2. The number of hydrogen-bond acceptors (Lipinski definition) is 3. The number of nitrogens with zero attached hydrogens (tertiary/aromatic N) is 1. The first kappa shape index (κ1) is 14.6. The lowest BCUT2D eigenvalue weighted by atomic mass is 10.1. The summed E-state index contributed by atoms with van der Waals surface area (Å²) in [6.07, 6.45) is 3.34. The van der Waals surface area contributed by atoms with Crippen LogP contribution in [0.2, 0.25) is 4.34 Å². The van der Waals surface area contributed by atoms with Crippen molar-refractivity contribution in [1.82, 2.24) is 15.2 Å². The van der Waals surface area contributed by atoms with Gasteiger partial charge >= 0.3 is 0 Å². The highest BCUT2D eigenvalue weighted by Crippen LogP contribution is 2.23. The minimum absolute atomic E-state index is 0.152. The molecule has 3 rings (SSSR count). The molecule has 0 amide bonds. The van der Waals surface area contributed by atoms with Crippen LogP contribution in [0.25, 0.3) is 11.3 Å². The number of rotatable bonds is 4. The Hall–Kier alpha value is -1.37. The number of aryl methyl sites for hydroxylation is 2. The van der Waals surface area contributed by atoms with Crippen molar-refractivity contribution in [3.05, 3.63) is 60.2 Å². The zero-order valence-corrected chi connectivity index (χ0v) is 14.0. The third kappa shape index (κ3) is 3.45. The average molecular weight is 385 g/mol. The van der Waals surface area contributed by atoms with Gasteiger partial charge in [-0.3, -0.25) is 9.89 Å². The molecule has 108 valence electrons. The molecule has 0 unspecified atom stereocenters. The molecule has 0 aliphatic carbocycles. The van der Waals surface area contributed by atoms with E-state index in [4.69, 9.17) is 11.6 Å². The van der Waals surface area contributed by atoms with Crippen molar-refractivity contribution in [3.63, 3.8) is 0 Å². The van der Waals surface area contributed by atoms with Gasteiger partial charge in [0.05, 0.1) is 15.6 Å². The number of hydrogen-bond donors (Lipinski definition) is 2. The molecular formula is C14H11BrClN3OS. The summed E-state index contributed by atoms with van der Waals surface area (Å²) >= 11 is 10.8. The largest absolute Gasteiger partial charge is 0.327 e. The summed E-state index contributed by atoms with van der Waals surface area (Å²) in [6.45, 7) is 0. The highest BCUT2D eigenvalue weighted by atomic mass is 79.9. The van der Waals surface area contributed by atoms with Crippen molar-refractivity contribution in [3.8, 4) is 11.3 Å². The maximum Gasteiger partial charge on any atom is 0.257 e. The second-order valence-corrected chi connectivity index (χ2v) is 7.26. The molecule has 0 aromatic carbocycles. The number of H-pyrrole nitrogens is 2. The van der Waals surface area contributed by atoms with Crippen molar-refractivity contribution in [1.29, 1.82) is 0 Å². The molecule has 3 heterocycles. The van der Waals surface area contributed by atoms with E-state index in [1.54, 1.807) is 23.6 Å². The first-order valence-corrected chi connectivity index (χ1v) is 8.27. The number of pyridine rings is 1. The maximum atomic E-state index is 11.8. The van der Waals surface area contributed by atoms with E-state index in [2.05, 4.69) is 31.1 Å². The van der Waals surface area contributed by atoms with Crippen LogP contribution in [0.4, 0.5) is 0 Å². The Morgan fingerprint density at radius 1 is 1.29 bits per heavy atom. The topological polar surface area (TPSA) is 61.5 Å². The summed E-state index contributed by atoms with van der Waals surface area (Å²) in [4.78, 5) is 15.7. The number of aromatic nitrogens is 3. The van der Waals surface area contributed by atoms with Gasteiger partial charge in [0.25, 0.3) is 5.56 Å². The van der Waals surface area contributed by atoms with E-state index in [1.807, 2.05) is 18.2 Å². The van der Waals surface area contributed by atoms with E-state index in [0.29, 0.717) is 11.3 Å². The quantitative estimate of drug-likeness (QED) is 0.713. The van der Waals surface area contributed by atoms with Crippen LogP contribution in [-0.4, -0.2) is 15.2 Å². The molecule has 0 radical (unpaired) electrons. The predicted molar refractivity (Wildman–Crippen MR) is 89.1 cm³/mol. The molecule has 4 nitrogen and oxygen atoms in total. The SMILES string of the molecule is O=c1[nH]cc(Br)cc1-c1cc(CCc2ccc(Cl)s2)[nH]n1. The van der Waals surface area contributed by atoms with Crippen LogP contribution in [0.15, 0.2) is 39.7 Å². The zero-order valence-electron chi connectivity index (χ0n) is 10.8. The smallest absolute Gasteiger partial charge is 0.257 e. The van der Waals surface area contributed by atoms with Gasteiger partial charge in [-0.2, -0.15) is 5.10 Å². The van der Waals surface area contributed by atoms with Crippen LogP contribution in [-0.2, 0) is 12.8 Å². The molecule has 0 aliphatic rings.